The Bertz CT molecular complexity index is 936. The molecule has 1 saturated heterocycles. The largest absolute Gasteiger partial charge is 0.494 e. The first-order chi connectivity index (χ1) is 13.2. The number of anilines is 1. The van der Waals surface area contributed by atoms with Crippen LogP contribution in [0.3, 0.4) is 0 Å². The van der Waals surface area contributed by atoms with Crippen molar-refractivity contribution in [1.29, 1.82) is 0 Å². The van der Waals surface area contributed by atoms with Crippen LogP contribution in [0.15, 0.2) is 29.6 Å². The standard InChI is InChI=1S/C18H19ClN4O2S2/c1-25-14-5-4-13(19)16-15(14)21-18(27-16)23-8-6-22(7-9-23)17(24)20-11-12-3-2-10-26-12/h2-5,10H,6-9,11H2,1H3,(H,20,24). The molecule has 142 valence electrons. The Kier molecular flexibility index (Phi) is 5.38. The van der Waals surface area contributed by atoms with E-state index in [9.17, 15) is 4.79 Å². The minimum absolute atomic E-state index is 0.0166. The highest BCUT2D eigenvalue weighted by Crippen LogP contribution is 2.38. The van der Waals surface area contributed by atoms with Gasteiger partial charge < -0.3 is 19.9 Å². The first-order valence-electron chi connectivity index (χ1n) is 8.59. The van der Waals surface area contributed by atoms with Crippen LogP contribution in [-0.2, 0) is 6.54 Å². The van der Waals surface area contributed by atoms with Gasteiger partial charge in [0.25, 0.3) is 0 Å². The van der Waals surface area contributed by atoms with Gasteiger partial charge in [0, 0.05) is 31.1 Å². The van der Waals surface area contributed by atoms with Gasteiger partial charge in [0.1, 0.15) is 11.3 Å². The fraction of sp³-hybridized carbons (Fsp3) is 0.333. The first-order valence-corrected chi connectivity index (χ1v) is 10.7. The Morgan fingerprint density at radius 2 is 2.11 bits per heavy atom. The fourth-order valence-corrected chi connectivity index (χ4v) is 4.98. The molecule has 1 aliphatic rings. The molecule has 1 fully saturated rings. The maximum absolute atomic E-state index is 12.4. The smallest absolute Gasteiger partial charge is 0.317 e. The number of nitrogens with one attached hydrogen (secondary N) is 1. The van der Waals surface area contributed by atoms with Crippen LogP contribution in [0.2, 0.25) is 5.02 Å². The lowest BCUT2D eigenvalue weighted by Crippen LogP contribution is -2.51. The highest BCUT2D eigenvalue weighted by molar-refractivity contribution is 7.22. The summed E-state index contributed by atoms with van der Waals surface area (Å²) < 4.78 is 6.33. The van der Waals surface area contributed by atoms with Gasteiger partial charge in [-0.3, -0.25) is 0 Å². The predicted molar refractivity (Wildman–Crippen MR) is 112 cm³/mol. The minimum Gasteiger partial charge on any atom is -0.494 e. The van der Waals surface area contributed by atoms with Crippen LogP contribution in [-0.4, -0.2) is 49.2 Å². The topological polar surface area (TPSA) is 57.7 Å². The molecule has 1 aliphatic heterocycles. The Morgan fingerprint density at radius 3 is 2.81 bits per heavy atom. The van der Waals surface area contributed by atoms with Crippen molar-refractivity contribution in [2.24, 2.45) is 0 Å². The fourth-order valence-electron chi connectivity index (χ4n) is 3.03. The van der Waals surface area contributed by atoms with Gasteiger partial charge in [-0.05, 0) is 23.6 Å². The third-order valence-corrected chi connectivity index (χ3v) is 6.95. The molecular weight excluding hydrogens is 404 g/mol. The van der Waals surface area contributed by atoms with E-state index in [0.29, 0.717) is 24.7 Å². The Labute approximate surface area is 170 Å². The van der Waals surface area contributed by atoms with Gasteiger partial charge in [0.15, 0.2) is 5.13 Å². The number of benzene rings is 1. The summed E-state index contributed by atoms with van der Waals surface area (Å²) in [6.45, 7) is 3.39. The number of halogens is 1. The minimum atomic E-state index is -0.0166. The molecule has 1 aromatic carbocycles. The summed E-state index contributed by atoms with van der Waals surface area (Å²) in [4.78, 5) is 22.3. The van der Waals surface area contributed by atoms with Crippen molar-refractivity contribution in [3.63, 3.8) is 0 Å². The summed E-state index contributed by atoms with van der Waals surface area (Å²) in [5.74, 6) is 0.725. The maximum atomic E-state index is 12.4. The van der Waals surface area contributed by atoms with Gasteiger partial charge >= 0.3 is 6.03 Å². The average Bonchev–Trinajstić information content (AvgIpc) is 3.37. The molecule has 6 nitrogen and oxygen atoms in total. The number of fused-ring (bicyclic) bond motifs is 1. The van der Waals surface area contributed by atoms with E-state index in [1.165, 1.54) is 0 Å². The summed E-state index contributed by atoms with van der Waals surface area (Å²) in [6, 6.07) is 7.67. The maximum Gasteiger partial charge on any atom is 0.317 e. The number of hydrogen-bond acceptors (Lipinski definition) is 6. The number of aromatic nitrogens is 1. The number of carbonyl (C=O) groups excluding carboxylic acids is 1. The van der Waals surface area contributed by atoms with Gasteiger partial charge in [-0.2, -0.15) is 0 Å². The highest BCUT2D eigenvalue weighted by atomic mass is 35.5. The Balaban J connectivity index is 1.39. The summed E-state index contributed by atoms with van der Waals surface area (Å²) in [5, 5.41) is 6.59. The molecule has 2 amide bonds. The summed E-state index contributed by atoms with van der Waals surface area (Å²) in [5.41, 5.74) is 0.793. The zero-order valence-corrected chi connectivity index (χ0v) is 17.2. The Morgan fingerprint density at radius 1 is 1.30 bits per heavy atom. The molecule has 0 spiro atoms. The van der Waals surface area contributed by atoms with Crippen LogP contribution in [0.25, 0.3) is 10.2 Å². The third-order valence-electron chi connectivity index (χ3n) is 4.50. The van der Waals surface area contributed by atoms with Gasteiger partial charge in [-0.1, -0.05) is 29.0 Å². The zero-order valence-electron chi connectivity index (χ0n) is 14.8. The van der Waals surface area contributed by atoms with Crippen molar-refractivity contribution in [2.75, 3.05) is 38.2 Å². The van der Waals surface area contributed by atoms with Crippen LogP contribution >= 0.6 is 34.3 Å². The van der Waals surface area contributed by atoms with E-state index in [1.807, 2.05) is 34.5 Å². The van der Waals surface area contributed by atoms with Crippen molar-refractivity contribution in [1.82, 2.24) is 15.2 Å². The predicted octanol–water partition coefficient (Wildman–Crippen LogP) is 4.05. The molecule has 4 rings (SSSR count). The summed E-state index contributed by atoms with van der Waals surface area (Å²) >= 11 is 9.53. The van der Waals surface area contributed by atoms with E-state index in [4.69, 9.17) is 21.3 Å². The molecular formula is C18H19ClN4O2S2. The lowest BCUT2D eigenvalue weighted by Gasteiger charge is -2.34. The molecule has 3 aromatic rings. The highest BCUT2D eigenvalue weighted by Gasteiger charge is 2.24. The van der Waals surface area contributed by atoms with Crippen molar-refractivity contribution >= 4 is 55.7 Å². The molecule has 3 heterocycles. The molecule has 9 heteroatoms. The number of rotatable bonds is 4. The number of ether oxygens (including phenoxy) is 1. The lowest BCUT2D eigenvalue weighted by atomic mass is 10.3. The molecule has 0 bridgehead atoms. The van der Waals surface area contributed by atoms with Crippen molar-refractivity contribution in [3.8, 4) is 5.75 Å². The van der Waals surface area contributed by atoms with E-state index in [-0.39, 0.29) is 6.03 Å². The number of carbonyl (C=O) groups is 1. The number of hydrogen-bond donors (Lipinski definition) is 1. The van der Waals surface area contributed by atoms with Crippen molar-refractivity contribution in [2.45, 2.75) is 6.54 Å². The van der Waals surface area contributed by atoms with E-state index >= 15 is 0 Å². The van der Waals surface area contributed by atoms with Gasteiger partial charge in [-0.25, -0.2) is 9.78 Å². The van der Waals surface area contributed by atoms with Gasteiger partial charge in [0.05, 0.1) is 23.4 Å². The second-order valence-corrected chi connectivity index (χ2v) is 8.55. The molecule has 0 radical (unpaired) electrons. The van der Waals surface area contributed by atoms with Crippen LogP contribution in [0.1, 0.15) is 4.88 Å². The second kappa shape index (κ2) is 7.92. The average molecular weight is 423 g/mol. The zero-order chi connectivity index (χ0) is 18.8. The molecule has 1 N–H and O–H groups in total. The number of methoxy groups -OCH3 is 1. The normalized spacial score (nSPS) is 14.6. The number of urea groups is 1. The molecule has 2 aromatic heterocycles. The van der Waals surface area contributed by atoms with Crippen LogP contribution < -0.4 is 15.0 Å². The van der Waals surface area contributed by atoms with E-state index in [2.05, 4.69) is 10.2 Å². The van der Waals surface area contributed by atoms with Crippen LogP contribution in [0, 0.1) is 0 Å². The van der Waals surface area contributed by atoms with Crippen molar-refractivity contribution in [3.05, 3.63) is 39.5 Å². The molecule has 27 heavy (non-hydrogen) atoms. The van der Waals surface area contributed by atoms with Crippen LogP contribution in [0.5, 0.6) is 5.75 Å². The number of thiophene rings is 1. The third kappa shape index (κ3) is 3.83. The molecule has 0 atom stereocenters. The first kappa shape index (κ1) is 18.3. The second-order valence-electron chi connectivity index (χ2n) is 6.14. The molecule has 0 saturated carbocycles. The molecule has 0 aliphatic carbocycles. The number of piperazine rings is 1. The SMILES string of the molecule is COc1ccc(Cl)c2sc(N3CCN(C(=O)NCc4cccs4)CC3)nc12. The van der Waals surface area contributed by atoms with E-state index < -0.39 is 0 Å². The van der Waals surface area contributed by atoms with E-state index in [0.717, 1.165) is 39.1 Å². The quantitative estimate of drug-likeness (QED) is 0.689. The van der Waals surface area contributed by atoms with Crippen LogP contribution in [0.4, 0.5) is 9.93 Å². The summed E-state index contributed by atoms with van der Waals surface area (Å²) in [6.07, 6.45) is 0. The monoisotopic (exact) mass is 422 g/mol. The Hall–Kier alpha value is -2.03. The number of thiazole rings is 1. The summed E-state index contributed by atoms with van der Waals surface area (Å²) in [7, 11) is 1.63. The molecule has 0 unspecified atom stereocenters. The lowest BCUT2D eigenvalue weighted by molar-refractivity contribution is 0.194. The number of nitrogens with zero attached hydrogens (tertiary/aromatic N) is 3. The van der Waals surface area contributed by atoms with Crippen molar-refractivity contribution < 1.29 is 9.53 Å². The number of amides is 2. The van der Waals surface area contributed by atoms with Gasteiger partial charge in [-0.15, -0.1) is 11.3 Å². The van der Waals surface area contributed by atoms with E-state index in [1.54, 1.807) is 29.8 Å². The van der Waals surface area contributed by atoms with Gasteiger partial charge in [0.2, 0.25) is 0 Å².